The molecule has 1 fully saturated rings. The Morgan fingerprint density at radius 3 is 2.60 bits per heavy atom. The molecular formula is C15H24N4O. The van der Waals surface area contributed by atoms with Crippen LogP contribution in [0.4, 0.5) is 11.5 Å². The Bertz CT molecular complexity index is 449. The van der Waals surface area contributed by atoms with Gasteiger partial charge < -0.3 is 16.0 Å². The molecule has 0 aliphatic carbocycles. The summed E-state index contributed by atoms with van der Waals surface area (Å²) < 4.78 is 0. The van der Waals surface area contributed by atoms with E-state index in [9.17, 15) is 4.79 Å². The molecular weight excluding hydrogens is 252 g/mol. The number of amides is 1. The number of anilines is 2. The molecule has 110 valence electrons. The topological polar surface area (TPSA) is 71.2 Å². The molecule has 0 bridgehead atoms. The Morgan fingerprint density at radius 2 is 2.05 bits per heavy atom. The average molecular weight is 276 g/mol. The second-order valence-corrected chi connectivity index (χ2v) is 5.99. The van der Waals surface area contributed by atoms with Gasteiger partial charge in [-0.2, -0.15) is 0 Å². The molecule has 1 aromatic heterocycles. The first-order chi connectivity index (χ1) is 9.53. The standard InChI is InChI=1S/C15H24N4O/c1-15(2,11-16)14(20)18-12-6-7-13(17-10-12)19-8-4-3-5-9-19/h6-7,10H,3-5,8-9,11,16H2,1-2H3,(H,18,20). The molecule has 0 aromatic carbocycles. The predicted molar refractivity (Wildman–Crippen MR) is 81.8 cm³/mol. The molecule has 3 N–H and O–H groups in total. The number of hydrogen-bond donors (Lipinski definition) is 2. The molecule has 0 saturated carbocycles. The van der Waals surface area contributed by atoms with Gasteiger partial charge in [-0.3, -0.25) is 4.79 Å². The highest BCUT2D eigenvalue weighted by molar-refractivity contribution is 5.94. The van der Waals surface area contributed by atoms with Crippen LogP contribution in [0.5, 0.6) is 0 Å². The molecule has 0 unspecified atom stereocenters. The van der Waals surface area contributed by atoms with E-state index in [2.05, 4.69) is 15.2 Å². The largest absolute Gasteiger partial charge is 0.357 e. The monoisotopic (exact) mass is 276 g/mol. The van der Waals surface area contributed by atoms with E-state index in [1.807, 2.05) is 26.0 Å². The molecule has 5 heteroatoms. The normalized spacial score (nSPS) is 16.1. The summed E-state index contributed by atoms with van der Waals surface area (Å²) >= 11 is 0. The molecule has 1 aromatic rings. The summed E-state index contributed by atoms with van der Waals surface area (Å²) in [6, 6.07) is 3.87. The fourth-order valence-electron chi connectivity index (χ4n) is 2.16. The van der Waals surface area contributed by atoms with E-state index in [0.29, 0.717) is 6.54 Å². The van der Waals surface area contributed by atoms with Crippen LogP contribution in [-0.2, 0) is 4.79 Å². The number of nitrogens with two attached hydrogens (primary N) is 1. The second kappa shape index (κ2) is 6.22. The van der Waals surface area contributed by atoms with E-state index >= 15 is 0 Å². The first kappa shape index (κ1) is 14.8. The van der Waals surface area contributed by atoms with Gasteiger partial charge in [0.15, 0.2) is 0 Å². The van der Waals surface area contributed by atoms with Crippen LogP contribution in [0.25, 0.3) is 0 Å². The zero-order valence-corrected chi connectivity index (χ0v) is 12.4. The van der Waals surface area contributed by atoms with Crippen molar-refractivity contribution >= 4 is 17.4 Å². The number of pyridine rings is 1. The zero-order chi connectivity index (χ0) is 14.6. The lowest BCUT2D eigenvalue weighted by Gasteiger charge is -2.27. The number of hydrogen-bond acceptors (Lipinski definition) is 4. The van der Waals surface area contributed by atoms with E-state index in [-0.39, 0.29) is 5.91 Å². The molecule has 5 nitrogen and oxygen atoms in total. The number of carbonyl (C=O) groups excluding carboxylic acids is 1. The molecule has 1 saturated heterocycles. The van der Waals surface area contributed by atoms with E-state index in [1.165, 1.54) is 19.3 Å². The van der Waals surface area contributed by atoms with Crippen molar-refractivity contribution in [1.29, 1.82) is 0 Å². The van der Waals surface area contributed by atoms with Crippen molar-refractivity contribution in [1.82, 2.24) is 4.98 Å². The molecule has 0 radical (unpaired) electrons. The first-order valence-electron chi connectivity index (χ1n) is 7.25. The summed E-state index contributed by atoms with van der Waals surface area (Å²) in [5.74, 6) is 0.910. The van der Waals surface area contributed by atoms with Gasteiger partial charge in [-0.1, -0.05) is 0 Å². The lowest BCUT2D eigenvalue weighted by Crippen LogP contribution is -2.37. The molecule has 0 atom stereocenters. The van der Waals surface area contributed by atoms with Crippen molar-refractivity contribution < 1.29 is 4.79 Å². The van der Waals surface area contributed by atoms with Crippen LogP contribution in [0.1, 0.15) is 33.1 Å². The summed E-state index contributed by atoms with van der Waals surface area (Å²) in [5, 5.41) is 2.86. The SMILES string of the molecule is CC(C)(CN)C(=O)Nc1ccc(N2CCCCC2)nc1. The van der Waals surface area contributed by atoms with Crippen LogP contribution >= 0.6 is 0 Å². The number of piperidine rings is 1. The van der Waals surface area contributed by atoms with Gasteiger partial charge in [0.05, 0.1) is 17.3 Å². The number of aromatic nitrogens is 1. The van der Waals surface area contributed by atoms with Gasteiger partial charge in [0, 0.05) is 19.6 Å². The van der Waals surface area contributed by atoms with Crippen LogP contribution in [0, 0.1) is 5.41 Å². The van der Waals surface area contributed by atoms with Gasteiger partial charge in [-0.25, -0.2) is 4.98 Å². The van der Waals surface area contributed by atoms with Gasteiger partial charge in [-0.05, 0) is 45.2 Å². The summed E-state index contributed by atoms with van der Waals surface area (Å²) in [7, 11) is 0. The van der Waals surface area contributed by atoms with E-state index in [0.717, 1.165) is 24.6 Å². The van der Waals surface area contributed by atoms with Crippen molar-refractivity contribution in [2.75, 3.05) is 29.9 Å². The van der Waals surface area contributed by atoms with E-state index in [4.69, 9.17) is 5.73 Å². The average Bonchev–Trinajstić information content (AvgIpc) is 2.49. The third-order valence-corrected chi connectivity index (χ3v) is 3.81. The highest BCUT2D eigenvalue weighted by Crippen LogP contribution is 2.20. The minimum atomic E-state index is -0.564. The summed E-state index contributed by atoms with van der Waals surface area (Å²) in [6.07, 6.45) is 5.48. The van der Waals surface area contributed by atoms with E-state index < -0.39 is 5.41 Å². The maximum atomic E-state index is 12.0. The maximum absolute atomic E-state index is 12.0. The molecule has 2 rings (SSSR count). The van der Waals surface area contributed by atoms with Crippen molar-refractivity contribution in [3.8, 4) is 0 Å². The fourth-order valence-corrected chi connectivity index (χ4v) is 2.16. The Labute approximate surface area is 120 Å². The molecule has 2 heterocycles. The molecule has 1 aliphatic heterocycles. The smallest absolute Gasteiger partial charge is 0.231 e. The van der Waals surface area contributed by atoms with Crippen LogP contribution in [0.3, 0.4) is 0 Å². The predicted octanol–water partition coefficient (Wildman–Crippen LogP) is 2.00. The lowest BCUT2D eigenvalue weighted by molar-refractivity contribution is -0.123. The summed E-state index contributed by atoms with van der Waals surface area (Å²) in [4.78, 5) is 18.8. The van der Waals surface area contributed by atoms with Crippen LogP contribution < -0.4 is 16.0 Å². The number of carbonyl (C=O) groups is 1. The molecule has 20 heavy (non-hydrogen) atoms. The lowest BCUT2D eigenvalue weighted by atomic mass is 9.92. The zero-order valence-electron chi connectivity index (χ0n) is 12.4. The van der Waals surface area contributed by atoms with Crippen LogP contribution in [0.15, 0.2) is 18.3 Å². The fraction of sp³-hybridized carbons (Fsp3) is 0.600. The van der Waals surface area contributed by atoms with Crippen molar-refractivity contribution in [3.63, 3.8) is 0 Å². The highest BCUT2D eigenvalue weighted by Gasteiger charge is 2.25. The van der Waals surface area contributed by atoms with Crippen molar-refractivity contribution in [2.24, 2.45) is 11.1 Å². The van der Waals surface area contributed by atoms with Gasteiger partial charge in [-0.15, -0.1) is 0 Å². The molecule has 1 amide bonds. The number of rotatable bonds is 4. The quantitative estimate of drug-likeness (QED) is 0.882. The third kappa shape index (κ3) is 3.48. The highest BCUT2D eigenvalue weighted by atomic mass is 16.2. The third-order valence-electron chi connectivity index (χ3n) is 3.81. The molecule has 1 aliphatic rings. The summed E-state index contributed by atoms with van der Waals surface area (Å²) in [5.41, 5.74) is 5.76. The van der Waals surface area contributed by atoms with E-state index in [1.54, 1.807) is 6.20 Å². The minimum absolute atomic E-state index is 0.0764. The molecule has 0 spiro atoms. The van der Waals surface area contributed by atoms with Crippen LogP contribution in [-0.4, -0.2) is 30.5 Å². The Hall–Kier alpha value is -1.62. The van der Waals surface area contributed by atoms with Gasteiger partial charge >= 0.3 is 0 Å². The van der Waals surface area contributed by atoms with Crippen molar-refractivity contribution in [2.45, 2.75) is 33.1 Å². The Morgan fingerprint density at radius 1 is 1.35 bits per heavy atom. The Balaban J connectivity index is 1.99. The van der Waals surface area contributed by atoms with Crippen LogP contribution in [0.2, 0.25) is 0 Å². The minimum Gasteiger partial charge on any atom is -0.357 e. The maximum Gasteiger partial charge on any atom is 0.231 e. The van der Waals surface area contributed by atoms with Crippen molar-refractivity contribution in [3.05, 3.63) is 18.3 Å². The van der Waals surface area contributed by atoms with Gasteiger partial charge in [0.1, 0.15) is 5.82 Å². The Kier molecular flexibility index (Phi) is 4.60. The summed E-state index contributed by atoms with van der Waals surface area (Å²) in [6.45, 7) is 6.12. The second-order valence-electron chi connectivity index (χ2n) is 5.99. The first-order valence-corrected chi connectivity index (χ1v) is 7.25. The number of nitrogens with one attached hydrogen (secondary N) is 1. The number of nitrogens with zero attached hydrogens (tertiary/aromatic N) is 2. The van der Waals surface area contributed by atoms with Gasteiger partial charge in [0.2, 0.25) is 5.91 Å². The van der Waals surface area contributed by atoms with Gasteiger partial charge in [0.25, 0.3) is 0 Å².